The van der Waals surface area contributed by atoms with Crippen molar-refractivity contribution in [1.29, 1.82) is 0 Å². The molecule has 10 nitrogen and oxygen atoms in total. The molecule has 8 atom stereocenters. The highest BCUT2D eigenvalue weighted by molar-refractivity contribution is 6.22. The number of allylic oxidation sites excluding steroid dienone is 1. The van der Waals surface area contributed by atoms with Crippen LogP contribution in [0.5, 0.6) is 0 Å². The van der Waals surface area contributed by atoms with E-state index in [2.05, 4.69) is 6.58 Å². The van der Waals surface area contributed by atoms with Gasteiger partial charge in [0.05, 0.1) is 29.6 Å². The molecule has 0 amide bonds. The Morgan fingerprint density at radius 3 is 2.56 bits per heavy atom. The molecular formula is C23H29ClO10. The van der Waals surface area contributed by atoms with Crippen molar-refractivity contribution in [3.63, 3.8) is 0 Å². The van der Waals surface area contributed by atoms with Crippen molar-refractivity contribution in [3.8, 4) is 0 Å². The van der Waals surface area contributed by atoms with E-state index in [1.807, 2.05) is 6.92 Å². The molecule has 2 aliphatic heterocycles. The first kappa shape index (κ1) is 26.2. The summed E-state index contributed by atoms with van der Waals surface area (Å²) < 4.78 is 27.4. The summed E-state index contributed by atoms with van der Waals surface area (Å²) in [6.07, 6.45) is -2.12. The molecular weight excluding hydrogens is 472 g/mol. The minimum absolute atomic E-state index is 0.0545. The van der Waals surface area contributed by atoms with Gasteiger partial charge in [-0.15, -0.1) is 11.6 Å². The second-order valence-corrected chi connectivity index (χ2v) is 9.78. The van der Waals surface area contributed by atoms with Crippen LogP contribution in [0.15, 0.2) is 23.8 Å². The van der Waals surface area contributed by atoms with Gasteiger partial charge in [0.1, 0.15) is 12.2 Å². The quantitative estimate of drug-likeness (QED) is 0.193. The van der Waals surface area contributed by atoms with Crippen LogP contribution in [0, 0.1) is 5.92 Å². The standard InChI is InChI=1S/C23H29ClO10/c1-10-14-16(33-21(28)23(5,29)11(2)24)15(31-12(3)25)13(20(27)30-6)8-7-9-22(4)18(34-22)17(14)32-19(10)26/h8,11,14-18,29H,1,7,9H2,2-6H3/b13-8-/t11?,14-,15+,16+,17-,18+,22-,23?/m1/s1. The van der Waals surface area contributed by atoms with Gasteiger partial charge >= 0.3 is 23.9 Å². The van der Waals surface area contributed by atoms with Gasteiger partial charge in [-0.3, -0.25) is 4.79 Å². The lowest BCUT2D eigenvalue weighted by Crippen LogP contribution is -2.52. The highest BCUT2D eigenvalue weighted by Gasteiger charge is 2.65. The molecule has 11 heteroatoms. The molecule has 34 heavy (non-hydrogen) atoms. The van der Waals surface area contributed by atoms with Crippen LogP contribution in [-0.4, -0.2) is 77.1 Å². The molecule has 3 rings (SSSR count). The number of halogens is 1. The highest BCUT2D eigenvalue weighted by atomic mass is 35.5. The largest absolute Gasteiger partial charge is 0.466 e. The van der Waals surface area contributed by atoms with E-state index in [-0.39, 0.29) is 11.1 Å². The Hall–Kier alpha value is -2.43. The number of hydrogen-bond donors (Lipinski definition) is 1. The molecule has 0 spiro atoms. The molecule has 0 bridgehead atoms. The summed E-state index contributed by atoms with van der Waals surface area (Å²) >= 11 is 5.98. The number of hydrogen-bond acceptors (Lipinski definition) is 10. The van der Waals surface area contributed by atoms with Crippen LogP contribution < -0.4 is 0 Å². The summed E-state index contributed by atoms with van der Waals surface area (Å²) in [6, 6.07) is 0. The molecule has 2 unspecified atom stereocenters. The molecule has 0 radical (unpaired) electrons. The van der Waals surface area contributed by atoms with Crippen LogP contribution in [0.2, 0.25) is 0 Å². The number of alkyl halides is 1. The van der Waals surface area contributed by atoms with Crippen LogP contribution in [0.3, 0.4) is 0 Å². The van der Waals surface area contributed by atoms with Crippen molar-refractivity contribution < 1.29 is 48.0 Å². The summed E-state index contributed by atoms with van der Waals surface area (Å²) in [6.45, 7) is 9.30. The molecule has 0 aromatic heterocycles. The predicted octanol–water partition coefficient (Wildman–Crippen LogP) is 1.36. The molecule has 188 valence electrons. The summed E-state index contributed by atoms with van der Waals surface area (Å²) in [5.74, 6) is -4.55. The Bertz CT molecular complexity index is 938. The smallest absolute Gasteiger partial charge is 0.339 e. The van der Waals surface area contributed by atoms with Gasteiger partial charge in [0, 0.05) is 12.5 Å². The first-order chi connectivity index (χ1) is 15.7. The molecule has 2 heterocycles. The van der Waals surface area contributed by atoms with Gasteiger partial charge in [-0.1, -0.05) is 12.7 Å². The molecule has 3 aliphatic rings. The fourth-order valence-corrected chi connectivity index (χ4v) is 4.37. The summed E-state index contributed by atoms with van der Waals surface area (Å²) in [5.41, 5.74) is -2.95. The topological polar surface area (TPSA) is 138 Å². The van der Waals surface area contributed by atoms with Crippen molar-refractivity contribution in [3.05, 3.63) is 23.8 Å². The fourth-order valence-electron chi connectivity index (χ4n) is 4.28. The number of fused-ring (bicyclic) bond motifs is 3. The molecule has 0 aromatic rings. The van der Waals surface area contributed by atoms with Crippen LogP contribution >= 0.6 is 11.6 Å². The van der Waals surface area contributed by atoms with E-state index < -0.39 is 70.8 Å². The van der Waals surface area contributed by atoms with Crippen molar-refractivity contribution in [2.45, 2.75) is 81.5 Å². The Morgan fingerprint density at radius 2 is 2.00 bits per heavy atom. The van der Waals surface area contributed by atoms with Crippen LogP contribution in [0.25, 0.3) is 0 Å². The number of methoxy groups -OCH3 is 1. The zero-order valence-corrected chi connectivity index (χ0v) is 20.4. The van der Waals surface area contributed by atoms with Gasteiger partial charge in [0.15, 0.2) is 17.8 Å². The third kappa shape index (κ3) is 4.71. The van der Waals surface area contributed by atoms with Gasteiger partial charge in [0.2, 0.25) is 0 Å². The SMILES string of the molecule is C=C1C(=O)O[C@@H]2[C@H]1[C@H](OC(=O)C(C)(O)C(C)Cl)[C@@H](OC(C)=O)/C(C(=O)OC)=C/CC[C@@]1(C)O[C@@H]21. The van der Waals surface area contributed by atoms with Crippen molar-refractivity contribution >= 4 is 35.5 Å². The van der Waals surface area contributed by atoms with E-state index in [9.17, 15) is 24.3 Å². The van der Waals surface area contributed by atoms with Crippen molar-refractivity contribution in [2.24, 2.45) is 5.92 Å². The fraction of sp³-hybridized carbons (Fsp3) is 0.652. The van der Waals surface area contributed by atoms with Gasteiger partial charge in [-0.25, -0.2) is 14.4 Å². The minimum Gasteiger partial charge on any atom is -0.466 e. The number of rotatable bonds is 5. The Kier molecular flexibility index (Phi) is 7.17. The van der Waals surface area contributed by atoms with Crippen molar-refractivity contribution in [2.75, 3.05) is 7.11 Å². The average Bonchev–Trinajstić information content (AvgIpc) is 3.34. The molecule has 1 aliphatic carbocycles. The second kappa shape index (κ2) is 9.31. The number of carbonyl (C=O) groups is 4. The molecule has 2 saturated heterocycles. The lowest BCUT2D eigenvalue weighted by atomic mass is 9.80. The maximum Gasteiger partial charge on any atom is 0.339 e. The zero-order chi connectivity index (χ0) is 25.6. The van der Waals surface area contributed by atoms with Crippen LogP contribution in [0.1, 0.15) is 40.5 Å². The first-order valence-corrected chi connectivity index (χ1v) is 11.3. The summed E-state index contributed by atoms with van der Waals surface area (Å²) in [4.78, 5) is 50.3. The predicted molar refractivity (Wildman–Crippen MR) is 116 cm³/mol. The van der Waals surface area contributed by atoms with E-state index in [1.165, 1.54) is 13.0 Å². The summed E-state index contributed by atoms with van der Waals surface area (Å²) in [7, 11) is 1.15. The van der Waals surface area contributed by atoms with Gasteiger partial charge in [-0.2, -0.15) is 0 Å². The number of aliphatic hydroxyl groups is 1. The lowest BCUT2D eigenvalue weighted by Gasteiger charge is -2.35. The number of esters is 4. The van der Waals surface area contributed by atoms with Gasteiger partial charge in [-0.05, 0) is 33.6 Å². The van der Waals surface area contributed by atoms with Gasteiger partial charge < -0.3 is 28.8 Å². The van der Waals surface area contributed by atoms with E-state index in [1.54, 1.807) is 0 Å². The average molecular weight is 501 g/mol. The number of ether oxygens (including phenoxy) is 5. The third-order valence-corrected chi connectivity index (χ3v) is 7.03. The van der Waals surface area contributed by atoms with E-state index in [0.717, 1.165) is 21.0 Å². The number of epoxide rings is 1. The molecule has 0 saturated carbocycles. The highest BCUT2D eigenvalue weighted by Crippen LogP contribution is 2.50. The normalized spacial score (nSPS) is 36.9. The maximum absolute atomic E-state index is 13.0. The minimum atomic E-state index is -2.14. The lowest BCUT2D eigenvalue weighted by molar-refractivity contribution is -0.184. The Labute approximate surface area is 202 Å². The zero-order valence-electron chi connectivity index (χ0n) is 19.7. The second-order valence-electron chi connectivity index (χ2n) is 9.13. The molecule has 2 fully saturated rings. The molecule has 0 aromatic carbocycles. The van der Waals surface area contributed by atoms with Crippen LogP contribution in [-0.2, 0) is 42.9 Å². The maximum atomic E-state index is 13.0. The molecule has 1 N–H and O–H groups in total. The van der Waals surface area contributed by atoms with E-state index >= 15 is 0 Å². The van der Waals surface area contributed by atoms with Gasteiger partial charge in [0.25, 0.3) is 0 Å². The van der Waals surface area contributed by atoms with E-state index in [0.29, 0.717) is 12.8 Å². The summed E-state index contributed by atoms with van der Waals surface area (Å²) in [5, 5.41) is 9.54. The van der Waals surface area contributed by atoms with E-state index in [4.69, 9.17) is 35.3 Å². The van der Waals surface area contributed by atoms with Crippen LogP contribution in [0.4, 0.5) is 0 Å². The monoisotopic (exact) mass is 500 g/mol. The van der Waals surface area contributed by atoms with Crippen molar-refractivity contribution in [1.82, 2.24) is 0 Å². The number of carbonyl (C=O) groups excluding carboxylic acids is 4. The third-order valence-electron chi connectivity index (χ3n) is 6.61. The first-order valence-electron chi connectivity index (χ1n) is 10.8. The Balaban J connectivity index is 2.18. The Morgan fingerprint density at radius 1 is 1.35 bits per heavy atom.